The Bertz CT molecular complexity index is 656. The molecule has 2 bridgehead atoms. The average molecular weight is 300 g/mol. The van der Waals surface area contributed by atoms with Crippen LogP contribution in [-0.2, 0) is 0 Å². The number of nitrogens with one attached hydrogen (secondary N) is 2. The van der Waals surface area contributed by atoms with E-state index in [0.29, 0.717) is 23.4 Å². The number of benzene rings is 1. The zero-order valence-electron chi connectivity index (χ0n) is 11.9. The molecule has 7 nitrogen and oxygen atoms in total. The molecule has 3 heterocycles. The molecule has 7 heteroatoms. The van der Waals surface area contributed by atoms with Gasteiger partial charge in [0.2, 0.25) is 6.39 Å². The van der Waals surface area contributed by atoms with Gasteiger partial charge in [-0.2, -0.15) is 0 Å². The third-order valence-electron chi connectivity index (χ3n) is 4.28. The summed E-state index contributed by atoms with van der Waals surface area (Å²) in [6.07, 6.45) is 4.66. The monoisotopic (exact) mass is 300 g/mol. The lowest BCUT2D eigenvalue weighted by atomic mass is 9.95. The highest BCUT2D eigenvalue weighted by Crippen LogP contribution is 2.28. The molecule has 0 spiro atoms. The fourth-order valence-corrected chi connectivity index (χ4v) is 3.22. The van der Waals surface area contributed by atoms with Gasteiger partial charge in [-0.1, -0.05) is 5.10 Å². The number of carbonyl (C=O) groups excluding carboxylic acids is 1. The van der Waals surface area contributed by atoms with Gasteiger partial charge in [-0.25, -0.2) is 0 Å². The van der Waals surface area contributed by atoms with Gasteiger partial charge in [-0.15, -0.1) is 5.10 Å². The van der Waals surface area contributed by atoms with Gasteiger partial charge in [0.25, 0.3) is 5.91 Å². The summed E-state index contributed by atoms with van der Waals surface area (Å²) < 4.78 is 10.2. The minimum absolute atomic E-state index is 0.0521. The predicted octanol–water partition coefficient (Wildman–Crippen LogP) is 1.48. The van der Waals surface area contributed by atoms with Crippen LogP contribution in [0.2, 0.25) is 0 Å². The second-order valence-electron chi connectivity index (χ2n) is 5.69. The van der Waals surface area contributed by atoms with Crippen molar-refractivity contribution in [3.8, 4) is 11.8 Å². The summed E-state index contributed by atoms with van der Waals surface area (Å²) in [5, 5.41) is 13.8. The van der Waals surface area contributed by atoms with E-state index in [0.717, 1.165) is 12.8 Å². The Labute approximate surface area is 127 Å². The highest BCUT2D eigenvalue weighted by Gasteiger charge is 2.39. The molecular formula is C15H16N4O3. The van der Waals surface area contributed by atoms with Crippen LogP contribution in [0.3, 0.4) is 0 Å². The normalized spacial score (nSPS) is 26.1. The Morgan fingerprint density at radius 3 is 2.82 bits per heavy atom. The Kier molecular flexibility index (Phi) is 3.27. The number of rotatable bonds is 4. The SMILES string of the molecule is O=C(N[C@@H]1C[C@H]2CC[C@@H]1N2)c1ccc(Oc2nnco2)cc1. The molecule has 0 saturated carbocycles. The van der Waals surface area contributed by atoms with Crippen molar-refractivity contribution in [3.63, 3.8) is 0 Å². The van der Waals surface area contributed by atoms with Gasteiger partial charge < -0.3 is 19.8 Å². The summed E-state index contributed by atoms with van der Waals surface area (Å²) in [7, 11) is 0. The molecule has 0 radical (unpaired) electrons. The minimum atomic E-state index is -0.0521. The Morgan fingerprint density at radius 2 is 2.18 bits per heavy atom. The van der Waals surface area contributed by atoms with E-state index in [-0.39, 0.29) is 18.0 Å². The van der Waals surface area contributed by atoms with E-state index in [9.17, 15) is 4.79 Å². The van der Waals surface area contributed by atoms with Crippen molar-refractivity contribution in [2.45, 2.75) is 37.4 Å². The molecular weight excluding hydrogens is 284 g/mol. The smallest absolute Gasteiger partial charge is 0.410 e. The van der Waals surface area contributed by atoms with Crippen molar-refractivity contribution in [1.82, 2.24) is 20.8 Å². The summed E-state index contributed by atoms with van der Waals surface area (Å²) in [6.45, 7) is 0. The maximum atomic E-state index is 12.3. The van der Waals surface area contributed by atoms with Crippen molar-refractivity contribution in [2.75, 3.05) is 0 Å². The lowest BCUT2D eigenvalue weighted by molar-refractivity contribution is 0.0931. The van der Waals surface area contributed by atoms with Crippen molar-refractivity contribution < 1.29 is 13.9 Å². The third-order valence-corrected chi connectivity index (χ3v) is 4.28. The van der Waals surface area contributed by atoms with E-state index in [1.54, 1.807) is 24.3 Å². The maximum absolute atomic E-state index is 12.3. The lowest BCUT2D eigenvalue weighted by Crippen LogP contribution is -2.42. The summed E-state index contributed by atoms with van der Waals surface area (Å²) in [4.78, 5) is 12.3. The first-order valence-corrected chi connectivity index (χ1v) is 7.39. The molecule has 1 amide bonds. The first-order valence-electron chi connectivity index (χ1n) is 7.39. The number of hydrogen-bond donors (Lipinski definition) is 2. The number of carbonyl (C=O) groups is 1. The first-order chi connectivity index (χ1) is 10.8. The Hall–Kier alpha value is -2.41. The van der Waals surface area contributed by atoms with Crippen LogP contribution in [-0.4, -0.2) is 34.2 Å². The standard InChI is InChI=1S/C15H16N4O3/c20-14(18-13-7-10-3-6-12(13)17-10)9-1-4-11(5-2-9)22-15-19-16-8-21-15/h1-2,4-5,8,10,12-13,17H,3,6-7H2,(H,18,20)/t10-,12+,13-/m1/s1. The number of aromatic nitrogens is 2. The maximum Gasteiger partial charge on any atom is 0.420 e. The predicted molar refractivity (Wildman–Crippen MR) is 76.6 cm³/mol. The fourth-order valence-electron chi connectivity index (χ4n) is 3.22. The molecule has 2 saturated heterocycles. The van der Waals surface area contributed by atoms with Gasteiger partial charge in [0.05, 0.1) is 0 Å². The molecule has 1 aromatic heterocycles. The third kappa shape index (κ3) is 2.55. The van der Waals surface area contributed by atoms with Gasteiger partial charge in [0.1, 0.15) is 5.75 Å². The van der Waals surface area contributed by atoms with Gasteiger partial charge >= 0.3 is 6.08 Å². The largest absolute Gasteiger partial charge is 0.420 e. The summed E-state index contributed by atoms with van der Waals surface area (Å²) in [6, 6.07) is 8.09. The van der Waals surface area contributed by atoms with Crippen LogP contribution in [0.25, 0.3) is 0 Å². The summed E-state index contributed by atoms with van der Waals surface area (Å²) in [5.74, 6) is 0.492. The van der Waals surface area contributed by atoms with Crippen LogP contribution in [0.5, 0.6) is 11.8 Å². The quantitative estimate of drug-likeness (QED) is 0.889. The number of fused-ring (bicyclic) bond motifs is 2. The number of nitrogens with zero attached hydrogens (tertiary/aromatic N) is 2. The van der Waals surface area contributed by atoms with Crippen LogP contribution in [0.1, 0.15) is 29.6 Å². The van der Waals surface area contributed by atoms with E-state index in [2.05, 4.69) is 20.8 Å². The highest BCUT2D eigenvalue weighted by molar-refractivity contribution is 5.94. The molecule has 2 aromatic rings. The second-order valence-corrected chi connectivity index (χ2v) is 5.69. The van der Waals surface area contributed by atoms with Gasteiger partial charge in [-0.05, 0) is 43.5 Å². The molecule has 4 rings (SSSR count). The van der Waals surface area contributed by atoms with Crippen molar-refractivity contribution >= 4 is 5.91 Å². The zero-order valence-corrected chi connectivity index (χ0v) is 11.9. The average Bonchev–Trinajstić information content (AvgIpc) is 3.25. The molecule has 22 heavy (non-hydrogen) atoms. The summed E-state index contributed by atoms with van der Waals surface area (Å²) >= 11 is 0. The second kappa shape index (κ2) is 5.42. The highest BCUT2D eigenvalue weighted by atomic mass is 16.6. The van der Waals surface area contributed by atoms with Crippen molar-refractivity contribution in [3.05, 3.63) is 36.2 Å². The van der Waals surface area contributed by atoms with Crippen LogP contribution in [0, 0.1) is 0 Å². The molecule has 114 valence electrons. The molecule has 0 aliphatic carbocycles. The van der Waals surface area contributed by atoms with E-state index in [1.807, 2.05) is 0 Å². The van der Waals surface area contributed by atoms with E-state index < -0.39 is 0 Å². The Morgan fingerprint density at radius 1 is 1.32 bits per heavy atom. The zero-order chi connectivity index (χ0) is 14.9. The van der Waals surface area contributed by atoms with Crippen LogP contribution in [0.15, 0.2) is 35.1 Å². The number of hydrogen-bond acceptors (Lipinski definition) is 6. The van der Waals surface area contributed by atoms with Crippen molar-refractivity contribution in [1.29, 1.82) is 0 Å². The fraction of sp³-hybridized carbons (Fsp3) is 0.400. The van der Waals surface area contributed by atoms with Crippen LogP contribution in [0.4, 0.5) is 0 Å². The van der Waals surface area contributed by atoms with Gasteiger partial charge in [0.15, 0.2) is 0 Å². The number of amides is 1. The van der Waals surface area contributed by atoms with E-state index in [4.69, 9.17) is 9.15 Å². The molecule has 2 aliphatic rings. The lowest BCUT2D eigenvalue weighted by Gasteiger charge is -2.21. The number of ether oxygens (including phenoxy) is 1. The molecule has 2 aliphatic heterocycles. The first kappa shape index (κ1) is 13.3. The summed E-state index contributed by atoms with van der Waals surface area (Å²) in [5.41, 5.74) is 0.612. The molecule has 0 unspecified atom stereocenters. The van der Waals surface area contributed by atoms with E-state index in [1.165, 1.54) is 12.8 Å². The molecule has 1 aromatic carbocycles. The van der Waals surface area contributed by atoms with Gasteiger partial charge in [-0.3, -0.25) is 4.79 Å². The van der Waals surface area contributed by atoms with Crippen molar-refractivity contribution in [2.24, 2.45) is 0 Å². The topological polar surface area (TPSA) is 89.3 Å². The van der Waals surface area contributed by atoms with E-state index >= 15 is 0 Å². The molecule has 3 atom stereocenters. The van der Waals surface area contributed by atoms with Gasteiger partial charge in [0, 0.05) is 23.7 Å². The van der Waals surface area contributed by atoms with Crippen LogP contribution < -0.4 is 15.4 Å². The minimum Gasteiger partial charge on any atom is -0.410 e. The molecule has 2 fully saturated rings. The van der Waals surface area contributed by atoms with Crippen LogP contribution >= 0.6 is 0 Å². The Balaban J connectivity index is 1.38. The molecule has 2 N–H and O–H groups in total.